The summed E-state index contributed by atoms with van der Waals surface area (Å²) in [4.78, 5) is 0. The normalized spacial score (nSPS) is 41.3. The molecule has 0 aromatic carbocycles. The van der Waals surface area contributed by atoms with Crippen molar-refractivity contribution in [3.63, 3.8) is 0 Å². The fraction of sp³-hybridized carbons (Fsp3) is 1.00. The third-order valence-electron chi connectivity index (χ3n) is 5.95. The van der Waals surface area contributed by atoms with Crippen LogP contribution in [-0.2, 0) is 0 Å². The van der Waals surface area contributed by atoms with Crippen molar-refractivity contribution >= 4 is 11.8 Å². The first-order valence-electron chi connectivity index (χ1n) is 9.49. The van der Waals surface area contributed by atoms with Gasteiger partial charge in [0.05, 0.1) is 0 Å². The Balaban J connectivity index is 1.58. The zero-order valence-electron chi connectivity index (χ0n) is 13.8. The molecule has 5 atom stereocenters. The van der Waals surface area contributed by atoms with Gasteiger partial charge in [-0.3, -0.25) is 0 Å². The zero-order valence-corrected chi connectivity index (χ0v) is 14.6. The van der Waals surface area contributed by atoms with Gasteiger partial charge in [-0.1, -0.05) is 32.6 Å². The van der Waals surface area contributed by atoms with Crippen molar-refractivity contribution in [1.82, 2.24) is 10.6 Å². The lowest BCUT2D eigenvalue weighted by Crippen LogP contribution is -2.53. The van der Waals surface area contributed by atoms with E-state index in [1.165, 1.54) is 76.5 Å². The van der Waals surface area contributed by atoms with Gasteiger partial charge in [-0.15, -0.1) is 0 Å². The van der Waals surface area contributed by atoms with Gasteiger partial charge in [0.25, 0.3) is 0 Å². The second kappa shape index (κ2) is 8.21. The monoisotopic (exact) mass is 310 g/mol. The molecule has 5 unspecified atom stereocenters. The SMILES string of the molecule is CCSC1CCCC1NC1CCCCC1C1CCCCN1. The van der Waals surface area contributed by atoms with E-state index < -0.39 is 0 Å². The van der Waals surface area contributed by atoms with Crippen molar-refractivity contribution in [3.05, 3.63) is 0 Å². The maximum absolute atomic E-state index is 4.14. The van der Waals surface area contributed by atoms with Crippen LogP contribution < -0.4 is 10.6 Å². The Morgan fingerprint density at radius 1 is 0.905 bits per heavy atom. The smallest absolute Gasteiger partial charge is 0.0201 e. The molecule has 3 fully saturated rings. The lowest BCUT2D eigenvalue weighted by atomic mass is 9.77. The van der Waals surface area contributed by atoms with Crippen molar-refractivity contribution in [2.45, 2.75) is 94.5 Å². The topological polar surface area (TPSA) is 24.1 Å². The fourth-order valence-corrected chi connectivity index (χ4v) is 6.11. The van der Waals surface area contributed by atoms with E-state index >= 15 is 0 Å². The molecule has 2 nitrogen and oxygen atoms in total. The van der Waals surface area contributed by atoms with Gasteiger partial charge in [0.2, 0.25) is 0 Å². The number of nitrogens with one attached hydrogen (secondary N) is 2. The standard InChI is InChI=1S/C18H34N2S/c1-2-21-18-12-7-11-17(18)20-16-10-4-3-8-14(16)15-9-5-6-13-19-15/h14-20H,2-13H2,1H3. The van der Waals surface area contributed by atoms with E-state index in [1.807, 2.05) is 0 Å². The molecule has 0 aromatic heterocycles. The highest BCUT2D eigenvalue weighted by Gasteiger charge is 2.36. The van der Waals surface area contributed by atoms with Gasteiger partial charge < -0.3 is 10.6 Å². The molecule has 2 aliphatic carbocycles. The largest absolute Gasteiger partial charge is 0.314 e. The summed E-state index contributed by atoms with van der Waals surface area (Å²) in [7, 11) is 0. The molecule has 1 aliphatic heterocycles. The highest BCUT2D eigenvalue weighted by molar-refractivity contribution is 7.99. The van der Waals surface area contributed by atoms with Crippen LogP contribution >= 0.6 is 11.8 Å². The zero-order chi connectivity index (χ0) is 14.5. The first kappa shape index (κ1) is 16.1. The first-order valence-corrected chi connectivity index (χ1v) is 10.5. The molecular formula is C18H34N2S. The number of hydrogen-bond donors (Lipinski definition) is 2. The summed E-state index contributed by atoms with van der Waals surface area (Å²) in [6.07, 6.45) is 14.3. The van der Waals surface area contributed by atoms with Crippen molar-refractivity contribution in [2.75, 3.05) is 12.3 Å². The molecule has 1 heterocycles. The maximum atomic E-state index is 4.14. The van der Waals surface area contributed by atoms with Crippen LogP contribution in [0.1, 0.15) is 71.1 Å². The molecule has 2 saturated carbocycles. The molecule has 2 N–H and O–H groups in total. The minimum absolute atomic E-state index is 0.789. The van der Waals surface area contributed by atoms with Crippen molar-refractivity contribution in [2.24, 2.45) is 5.92 Å². The van der Waals surface area contributed by atoms with E-state index in [4.69, 9.17) is 0 Å². The third kappa shape index (κ3) is 4.17. The summed E-state index contributed by atoms with van der Waals surface area (Å²) in [5.74, 6) is 2.17. The molecule has 3 heteroatoms. The summed E-state index contributed by atoms with van der Waals surface area (Å²) < 4.78 is 0. The van der Waals surface area contributed by atoms with Gasteiger partial charge in [0, 0.05) is 23.4 Å². The van der Waals surface area contributed by atoms with Crippen molar-refractivity contribution in [1.29, 1.82) is 0 Å². The van der Waals surface area contributed by atoms with Crippen LogP contribution in [0.15, 0.2) is 0 Å². The van der Waals surface area contributed by atoms with Crippen LogP contribution in [-0.4, -0.2) is 35.7 Å². The highest BCUT2D eigenvalue weighted by Crippen LogP contribution is 2.34. The Morgan fingerprint density at radius 2 is 1.71 bits per heavy atom. The molecule has 1 saturated heterocycles. The van der Waals surface area contributed by atoms with Crippen molar-refractivity contribution < 1.29 is 0 Å². The van der Waals surface area contributed by atoms with Crippen LogP contribution in [0.5, 0.6) is 0 Å². The predicted octanol–water partition coefficient (Wildman–Crippen LogP) is 3.95. The van der Waals surface area contributed by atoms with Gasteiger partial charge in [0.15, 0.2) is 0 Å². The number of piperidine rings is 1. The Hall–Kier alpha value is 0.270. The van der Waals surface area contributed by atoms with Gasteiger partial charge in [-0.2, -0.15) is 11.8 Å². The quantitative estimate of drug-likeness (QED) is 0.804. The molecule has 0 aromatic rings. The van der Waals surface area contributed by atoms with Crippen LogP contribution in [0.2, 0.25) is 0 Å². The lowest BCUT2D eigenvalue weighted by molar-refractivity contribution is 0.172. The van der Waals surface area contributed by atoms with Gasteiger partial charge in [0.1, 0.15) is 0 Å². The Kier molecular flexibility index (Phi) is 6.31. The van der Waals surface area contributed by atoms with Gasteiger partial charge in [-0.25, -0.2) is 0 Å². The first-order chi connectivity index (χ1) is 10.4. The summed E-state index contributed by atoms with van der Waals surface area (Å²) in [6.45, 7) is 3.57. The summed E-state index contributed by atoms with van der Waals surface area (Å²) in [6, 6.07) is 2.39. The van der Waals surface area contributed by atoms with E-state index in [1.54, 1.807) is 0 Å². The Morgan fingerprint density at radius 3 is 2.52 bits per heavy atom. The minimum Gasteiger partial charge on any atom is -0.314 e. The van der Waals surface area contributed by atoms with E-state index in [0.29, 0.717) is 0 Å². The molecule has 0 radical (unpaired) electrons. The van der Waals surface area contributed by atoms with Crippen LogP contribution in [0.25, 0.3) is 0 Å². The highest BCUT2D eigenvalue weighted by atomic mass is 32.2. The number of hydrogen-bond acceptors (Lipinski definition) is 3. The second-order valence-corrected chi connectivity index (χ2v) is 8.83. The molecule has 122 valence electrons. The number of thioether (sulfide) groups is 1. The van der Waals surface area contributed by atoms with E-state index in [2.05, 4.69) is 29.3 Å². The molecule has 0 spiro atoms. The molecule has 0 amide bonds. The van der Waals surface area contributed by atoms with Crippen LogP contribution in [0.4, 0.5) is 0 Å². The van der Waals surface area contributed by atoms with Gasteiger partial charge >= 0.3 is 0 Å². The molecule has 3 aliphatic rings. The second-order valence-electron chi connectivity index (χ2n) is 7.31. The molecule has 21 heavy (non-hydrogen) atoms. The van der Waals surface area contributed by atoms with E-state index in [-0.39, 0.29) is 0 Å². The average Bonchev–Trinajstić information content (AvgIpc) is 2.96. The Bertz CT molecular complexity index is 304. The van der Waals surface area contributed by atoms with Crippen LogP contribution in [0, 0.1) is 5.92 Å². The van der Waals surface area contributed by atoms with E-state index in [9.17, 15) is 0 Å². The minimum atomic E-state index is 0.789. The molecular weight excluding hydrogens is 276 g/mol. The van der Waals surface area contributed by atoms with Gasteiger partial charge in [-0.05, 0) is 56.7 Å². The Labute approximate surface area is 135 Å². The summed E-state index contributed by atoms with van der Waals surface area (Å²) in [5, 5.41) is 8.86. The maximum Gasteiger partial charge on any atom is 0.0201 e. The van der Waals surface area contributed by atoms with Crippen molar-refractivity contribution in [3.8, 4) is 0 Å². The average molecular weight is 311 g/mol. The predicted molar refractivity (Wildman–Crippen MR) is 94.1 cm³/mol. The lowest BCUT2D eigenvalue weighted by Gasteiger charge is -2.41. The summed E-state index contributed by atoms with van der Waals surface area (Å²) in [5.41, 5.74) is 0. The third-order valence-corrected chi connectivity index (χ3v) is 7.27. The summed E-state index contributed by atoms with van der Waals surface area (Å²) >= 11 is 2.19. The van der Waals surface area contributed by atoms with E-state index in [0.717, 1.165) is 29.3 Å². The molecule has 0 bridgehead atoms. The number of rotatable bonds is 5. The molecule has 3 rings (SSSR count). The van der Waals surface area contributed by atoms with Crippen LogP contribution in [0.3, 0.4) is 0 Å². The fourth-order valence-electron chi connectivity index (χ4n) is 4.90.